The van der Waals surface area contributed by atoms with Gasteiger partial charge in [0, 0.05) is 48.6 Å². The van der Waals surface area contributed by atoms with Crippen molar-refractivity contribution >= 4 is 28.8 Å². The van der Waals surface area contributed by atoms with Crippen molar-refractivity contribution < 1.29 is 9.59 Å². The molecule has 0 unspecified atom stereocenters. The predicted molar refractivity (Wildman–Crippen MR) is 135 cm³/mol. The molecule has 4 heterocycles. The molecule has 0 radical (unpaired) electrons. The maximum absolute atomic E-state index is 13.1. The van der Waals surface area contributed by atoms with Gasteiger partial charge in [0.2, 0.25) is 0 Å². The summed E-state index contributed by atoms with van der Waals surface area (Å²) in [6, 6.07) is 10.4. The molecule has 0 saturated heterocycles. The fraction of sp³-hybridized carbons (Fsp3) is 0.200. The molecule has 4 aromatic heterocycles. The third-order valence-electron chi connectivity index (χ3n) is 5.82. The number of aromatic nitrogens is 7. The molecule has 2 amide bonds. The number of hydrogen-bond donors (Lipinski definition) is 2. The molecule has 11 nitrogen and oxygen atoms in total. The summed E-state index contributed by atoms with van der Waals surface area (Å²) in [7, 11) is 0. The van der Waals surface area contributed by atoms with Gasteiger partial charge in [0.25, 0.3) is 11.8 Å². The second-order valence-corrected chi connectivity index (χ2v) is 8.13. The quantitative estimate of drug-likeness (QED) is 0.364. The Hall–Kier alpha value is -4.80. The first-order chi connectivity index (χ1) is 17.5. The molecule has 0 aliphatic carbocycles. The SMILES string of the molecule is CCn1cc(-c2ccnc3c(C(=O)Nc4cccc(NC(=O)c5ccnn5CC)c4)cnn23)c(C)n1. The summed E-state index contributed by atoms with van der Waals surface area (Å²) in [5, 5.41) is 18.8. The number of carbonyl (C=O) groups is 2. The van der Waals surface area contributed by atoms with E-state index in [1.165, 1.54) is 6.20 Å². The van der Waals surface area contributed by atoms with Gasteiger partial charge in [-0.1, -0.05) is 6.07 Å². The van der Waals surface area contributed by atoms with Crippen LogP contribution in [0.5, 0.6) is 0 Å². The van der Waals surface area contributed by atoms with Crippen LogP contribution in [-0.4, -0.2) is 46.0 Å². The Bertz CT molecular complexity index is 1580. The van der Waals surface area contributed by atoms with E-state index >= 15 is 0 Å². The maximum Gasteiger partial charge on any atom is 0.273 e. The lowest BCUT2D eigenvalue weighted by molar-refractivity contribution is 0.101. The predicted octanol–water partition coefficient (Wildman–Crippen LogP) is 3.64. The average Bonchev–Trinajstić information content (AvgIpc) is 3.61. The molecule has 2 N–H and O–H groups in total. The molecule has 0 saturated carbocycles. The second kappa shape index (κ2) is 9.45. The van der Waals surface area contributed by atoms with E-state index in [1.807, 2.05) is 37.7 Å². The van der Waals surface area contributed by atoms with Crippen molar-refractivity contribution in [3.8, 4) is 11.3 Å². The van der Waals surface area contributed by atoms with E-state index in [2.05, 4.69) is 30.9 Å². The van der Waals surface area contributed by atoms with Crippen LogP contribution in [0, 0.1) is 6.92 Å². The van der Waals surface area contributed by atoms with Gasteiger partial charge in [0.05, 0.1) is 17.6 Å². The van der Waals surface area contributed by atoms with E-state index in [0.29, 0.717) is 34.8 Å². The summed E-state index contributed by atoms with van der Waals surface area (Å²) in [5.74, 6) is -0.637. The third kappa shape index (κ3) is 4.22. The van der Waals surface area contributed by atoms with Crippen molar-refractivity contribution in [3.63, 3.8) is 0 Å². The zero-order valence-electron chi connectivity index (χ0n) is 20.1. The Balaban J connectivity index is 1.38. The number of carbonyl (C=O) groups excluding carboxylic acids is 2. The van der Waals surface area contributed by atoms with Gasteiger partial charge in [0.1, 0.15) is 11.3 Å². The number of anilines is 2. The van der Waals surface area contributed by atoms with Gasteiger partial charge < -0.3 is 10.6 Å². The molecule has 182 valence electrons. The van der Waals surface area contributed by atoms with Gasteiger partial charge in [-0.15, -0.1) is 0 Å². The summed E-state index contributed by atoms with van der Waals surface area (Å²) in [4.78, 5) is 30.2. The third-order valence-corrected chi connectivity index (χ3v) is 5.82. The van der Waals surface area contributed by atoms with Crippen LogP contribution in [0.1, 0.15) is 40.4 Å². The van der Waals surface area contributed by atoms with Crippen LogP contribution in [-0.2, 0) is 13.1 Å². The minimum absolute atomic E-state index is 0.279. The van der Waals surface area contributed by atoms with Gasteiger partial charge in [-0.3, -0.25) is 19.0 Å². The highest BCUT2D eigenvalue weighted by Crippen LogP contribution is 2.24. The van der Waals surface area contributed by atoms with Crippen molar-refractivity contribution in [2.24, 2.45) is 0 Å². The number of amides is 2. The second-order valence-electron chi connectivity index (χ2n) is 8.13. The molecule has 0 fully saturated rings. The number of nitrogens with zero attached hydrogens (tertiary/aromatic N) is 7. The Morgan fingerprint density at radius 2 is 1.72 bits per heavy atom. The molecule has 1 aromatic carbocycles. The van der Waals surface area contributed by atoms with E-state index in [4.69, 9.17) is 0 Å². The fourth-order valence-corrected chi connectivity index (χ4v) is 4.03. The molecule has 11 heteroatoms. The van der Waals surface area contributed by atoms with E-state index in [0.717, 1.165) is 23.5 Å². The lowest BCUT2D eigenvalue weighted by Crippen LogP contribution is -2.17. The number of fused-ring (bicyclic) bond motifs is 1. The Kier molecular flexibility index (Phi) is 6.03. The number of hydrogen-bond acceptors (Lipinski definition) is 6. The molecule has 0 bridgehead atoms. The molecule has 0 aliphatic heterocycles. The summed E-state index contributed by atoms with van der Waals surface area (Å²) in [5.41, 5.74) is 4.89. The highest BCUT2D eigenvalue weighted by molar-refractivity contribution is 6.09. The summed E-state index contributed by atoms with van der Waals surface area (Å²) < 4.78 is 5.12. The van der Waals surface area contributed by atoms with E-state index in [9.17, 15) is 9.59 Å². The smallest absolute Gasteiger partial charge is 0.273 e. The fourth-order valence-electron chi connectivity index (χ4n) is 4.03. The van der Waals surface area contributed by atoms with Crippen molar-refractivity contribution in [2.75, 3.05) is 10.6 Å². The zero-order valence-corrected chi connectivity index (χ0v) is 20.1. The molecule has 0 spiro atoms. The van der Waals surface area contributed by atoms with Crippen LogP contribution in [0.15, 0.2) is 61.2 Å². The lowest BCUT2D eigenvalue weighted by Gasteiger charge is -2.09. The number of benzene rings is 1. The molecule has 5 aromatic rings. The van der Waals surface area contributed by atoms with Crippen LogP contribution < -0.4 is 10.6 Å². The monoisotopic (exact) mass is 483 g/mol. The molecular formula is C25H25N9O2. The van der Waals surface area contributed by atoms with Crippen LogP contribution >= 0.6 is 0 Å². The van der Waals surface area contributed by atoms with E-state index in [-0.39, 0.29) is 11.8 Å². The first-order valence-electron chi connectivity index (χ1n) is 11.6. The van der Waals surface area contributed by atoms with Crippen LogP contribution in [0.4, 0.5) is 11.4 Å². The lowest BCUT2D eigenvalue weighted by atomic mass is 10.2. The summed E-state index contributed by atoms with van der Waals surface area (Å²) in [6.07, 6.45) is 6.70. The summed E-state index contributed by atoms with van der Waals surface area (Å²) >= 11 is 0. The number of aryl methyl sites for hydroxylation is 3. The van der Waals surface area contributed by atoms with Crippen LogP contribution in [0.3, 0.4) is 0 Å². The number of rotatable bonds is 7. The Morgan fingerprint density at radius 1 is 0.944 bits per heavy atom. The van der Waals surface area contributed by atoms with Gasteiger partial charge in [-0.25, -0.2) is 9.50 Å². The molecule has 0 atom stereocenters. The molecule has 0 aliphatic rings. The highest BCUT2D eigenvalue weighted by atomic mass is 16.2. The molecular weight excluding hydrogens is 458 g/mol. The minimum atomic E-state index is -0.358. The van der Waals surface area contributed by atoms with E-state index < -0.39 is 0 Å². The van der Waals surface area contributed by atoms with Gasteiger partial charge >= 0.3 is 0 Å². The first-order valence-corrected chi connectivity index (χ1v) is 11.6. The van der Waals surface area contributed by atoms with Crippen molar-refractivity contribution in [1.82, 2.24) is 34.2 Å². The summed E-state index contributed by atoms with van der Waals surface area (Å²) in [6.45, 7) is 7.21. The zero-order chi connectivity index (χ0) is 25.2. The number of nitrogens with one attached hydrogen (secondary N) is 2. The van der Waals surface area contributed by atoms with Crippen LogP contribution in [0.2, 0.25) is 0 Å². The van der Waals surface area contributed by atoms with Gasteiger partial charge in [-0.2, -0.15) is 15.3 Å². The van der Waals surface area contributed by atoms with E-state index in [1.54, 1.807) is 51.9 Å². The maximum atomic E-state index is 13.1. The minimum Gasteiger partial charge on any atom is -0.322 e. The largest absolute Gasteiger partial charge is 0.322 e. The molecule has 36 heavy (non-hydrogen) atoms. The van der Waals surface area contributed by atoms with Crippen molar-refractivity contribution in [3.05, 3.63) is 78.1 Å². The van der Waals surface area contributed by atoms with Crippen molar-refractivity contribution in [1.29, 1.82) is 0 Å². The highest BCUT2D eigenvalue weighted by Gasteiger charge is 2.19. The Labute approximate surface area is 206 Å². The Morgan fingerprint density at radius 3 is 2.44 bits per heavy atom. The van der Waals surface area contributed by atoms with Gasteiger partial charge in [-0.05, 0) is 51.1 Å². The van der Waals surface area contributed by atoms with Gasteiger partial charge in [0.15, 0.2) is 5.65 Å². The van der Waals surface area contributed by atoms with Crippen LogP contribution in [0.25, 0.3) is 16.9 Å². The topological polar surface area (TPSA) is 124 Å². The average molecular weight is 484 g/mol. The van der Waals surface area contributed by atoms with Crippen molar-refractivity contribution in [2.45, 2.75) is 33.9 Å². The standard InChI is InChI=1S/C25H25N9O2/c1-4-32-15-20(16(3)31-32)21-9-11-26-23-19(14-28-34(21)23)24(35)29-17-7-6-8-18(13-17)30-25(36)22-10-12-27-33(22)5-2/h6-15H,4-5H2,1-3H3,(H,29,35)(H,30,36). The normalized spacial score (nSPS) is 11.1. The molecule has 5 rings (SSSR count). The first kappa shape index (κ1) is 23.0.